The molecule has 2 aromatic rings. The second-order valence-corrected chi connectivity index (χ2v) is 4.77. The van der Waals surface area contributed by atoms with Crippen LogP contribution in [0.15, 0.2) is 24.5 Å². The molecule has 2 rings (SSSR count). The van der Waals surface area contributed by atoms with E-state index in [0.717, 1.165) is 6.07 Å². The van der Waals surface area contributed by atoms with E-state index < -0.39 is 36.1 Å². The molecule has 0 amide bonds. The summed E-state index contributed by atoms with van der Waals surface area (Å²) < 4.78 is 75.8. The molecule has 0 aliphatic rings. The minimum Gasteiger partial charge on any atom is -0.292 e. The molecular weight excluding hydrogens is 328 g/mol. The van der Waals surface area contributed by atoms with Crippen molar-refractivity contribution in [3.63, 3.8) is 0 Å². The summed E-state index contributed by atoms with van der Waals surface area (Å²) in [6.07, 6.45) is -8.69. The van der Waals surface area contributed by atoms with Crippen LogP contribution >= 0.6 is 0 Å². The van der Waals surface area contributed by atoms with E-state index in [9.17, 15) is 31.1 Å². The molecule has 1 aromatic heterocycles. The number of nitrogens with zero attached hydrogens (tertiary/aromatic N) is 3. The maximum atomic E-state index is 12.7. The van der Waals surface area contributed by atoms with Crippen LogP contribution in [0.25, 0.3) is 0 Å². The van der Waals surface area contributed by atoms with Gasteiger partial charge in [0.25, 0.3) is 5.82 Å². The Morgan fingerprint density at radius 1 is 1.09 bits per heavy atom. The molecule has 0 aliphatic heterocycles. The van der Waals surface area contributed by atoms with E-state index in [2.05, 4.69) is 10.1 Å². The number of halogens is 6. The predicted molar refractivity (Wildman–Crippen MR) is 65.5 cm³/mol. The standard InChI is InChI=1S/C13H9F6N3O/c1-7-2-8(4-9(3-7)12(14,15)16)10(23)5-22-6-20-11(21-22)13(17,18)19/h2-4,6H,5H2,1H3. The van der Waals surface area contributed by atoms with Gasteiger partial charge in [0.05, 0.1) is 5.56 Å². The van der Waals surface area contributed by atoms with Crippen LogP contribution in [-0.4, -0.2) is 20.5 Å². The number of rotatable bonds is 3. The Kier molecular flexibility index (Phi) is 4.18. The number of Topliss-reactive ketones (excluding diaryl/α,β-unsaturated/α-hetero) is 1. The Morgan fingerprint density at radius 2 is 1.74 bits per heavy atom. The van der Waals surface area contributed by atoms with Gasteiger partial charge >= 0.3 is 12.4 Å². The van der Waals surface area contributed by atoms with Crippen LogP contribution in [0.4, 0.5) is 26.3 Å². The maximum absolute atomic E-state index is 12.7. The number of benzene rings is 1. The summed E-state index contributed by atoms with van der Waals surface area (Å²) in [5.74, 6) is -2.23. The third-order valence-electron chi connectivity index (χ3n) is 2.82. The molecule has 10 heteroatoms. The summed E-state index contributed by atoms with van der Waals surface area (Å²) in [4.78, 5) is 15.0. The Labute approximate surface area is 125 Å². The zero-order valence-electron chi connectivity index (χ0n) is 11.5. The quantitative estimate of drug-likeness (QED) is 0.636. The van der Waals surface area contributed by atoms with E-state index in [4.69, 9.17) is 0 Å². The monoisotopic (exact) mass is 337 g/mol. The minimum atomic E-state index is -4.76. The molecule has 0 aliphatic carbocycles. The number of hydrogen-bond donors (Lipinski definition) is 0. The highest BCUT2D eigenvalue weighted by Gasteiger charge is 2.36. The van der Waals surface area contributed by atoms with Crippen molar-refractivity contribution in [2.24, 2.45) is 0 Å². The van der Waals surface area contributed by atoms with Gasteiger partial charge in [-0.05, 0) is 30.7 Å². The van der Waals surface area contributed by atoms with Gasteiger partial charge < -0.3 is 0 Å². The van der Waals surface area contributed by atoms with Crippen molar-refractivity contribution in [1.29, 1.82) is 0 Å². The number of ketones is 1. The molecule has 1 heterocycles. The van der Waals surface area contributed by atoms with Crippen molar-refractivity contribution in [2.45, 2.75) is 25.8 Å². The molecule has 0 N–H and O–H groups in total. The molecule has 4 nitrogen and oxygen atoms in total. The zero-order chi connectivity index (χ0) is 17.4. The third-order valence-corrected chi connectivity index (χ3v) is 2.82. The first-order chi connectivity index (χ1) is 10.5. The number of carbonyl (C=O) groups is 1. The SMILES string of the molecule is Cc1cc(C(=O)Cn2cnc(C(F)(F)F)n2)cc(C(F)(F)F)c1. The lowest BCUT2D eigenvalue weighted by atomic mass is 10.0. The number of alkyl halides is 6. The van der Waals surface area contributed by atoms with E-state index in [1.165, 1.54) is 13.0 Å². The highest BCUT2D eigenvalue weighted by molar-refractivity contribution is 5.96. The zero-order valence-corrected chi connectivity index (χ0v) is 11.5. The van der Waals surface area contributed by atoms with Crippen LogP contribution in [0.3, 0.4) is 0 Å². The molecule has 0 atom stereocenters. The lowest BCUT2D eigenvalue weighted by molar-refractivity contribution is -0.145. The highest BCUT2D eigenvalue weighted by Crippen LogP contribution is 2.31. The van der Waals surface area contributed by atoms with Gasteiger partial charge in [-0.3, -0.25) is 4.79 Å². The summed E-state index contributed by atoms with van der Waals surface area (Å²) in [5.41, 5.74) is -1.06. The van der Waals surface area contributed by atoms with E-state index in [0.29, 0.717) is 17.1 Å². The summed E-state index contributed by atoms with van der Waals surface area (Å²) in [5, 5.41) is 3.08. The fourth-order valence-electron chi connectivity index (χ4n) is 1.85. The average Bonchev–Trinajstić information content (AvgIpc) is 2.85. The molecule has 0 bridgehead atoms. The summed E-state index contributed by atoms with van der Waals surface area (Å²) in [7, 11) is 0. The first-order valence-corrected chi connectivity index (χ1v) is 6.15. The molecule has 124 valence electrons. The fraction of sp³-hybridized carbons (Fsp3) is 0.308. The fourth-order valence-corrected chi connectivity index (χ4v) is 1.85. The van der Waals surface area contributed by atoms with E-state index >= 15 is 0 Å². The third kappa shape index (κ3) is 4.08. The Bertz CT molecular complexity index is 732. The van der Waals surface area contributed by atoms with E-state index in [1.807, 2.05) is 0 Å². The van der Waals surface area contributed by atoms with Gasteiger partial charge in [-0.2, -0.15) is 26.3 Å². The molecule has 0 radical (unpaired) electrons. The topological polar surface area (TPSA) is 47.8 Å². The van der Waals surface area contributed by atoms with Crippen LogP contribution in [0.5, 0.6) is 0 Å². The van der Waals surface area contributed by atoms with Crippen LogP contribution in [0, 0.1) is 6.92 Å². The summed E-state index contributed by atoms with van der Waals surface area (Å²) >= 11 is 0. The Balaban J connectivity index is 2.24. The second kappa shape index (κ2) is 5.67. The number of carbonyl (C=O) groups excluding carboxylic acids is 1. The number of hydrogen-bond acceptors (Lipinski definition) is 3. The van der Waals surface area contributed by atoms with Crippen molar-refractivity contribution in [3.8, 4) is 0 Å². The second-order valence-electron chi connectivity index (χ2n) is 4.77. The van der Waals surface area contributed by atoms with Gasteiger partial charge in [-0.25, -0.2) is 9.67 Å². The molecule has 0 fully saturated rings. The highest BCUT2D eigenvalue weighted by atomic mass is 19.4. The van der Waals surface area contributed by atoms with E-state index in [1.54, 1.807) is 0 Å². The van der Waals surface area contributed by atoms with Gasteiger partial charge in [-0.1, -0.05) is 0 Å². The Morgan fingerprint density at radius 3 is 2.26 bits per heavy atom. The summed E-state index contributed by atoms with van der Waals surface area (Å²) in [6, 6.07) is 2.74. The molecule has 1 aromatic carbocycles. The molecule has 0 spiro atoms. The lowest BCUT2D eigenvalue weighted by Gasteiger charge is -2.10. The maximum Gasteiger partial charge on any atom is 0.453 e. The Hall–Kier alpha value is -2.39. The van der Waals surface area contributed by atoms with Crippen molar-refractivity contribution < 1.29 is 31.1 Å². The average molecular weight is 337 g/mol. The molecule has 0 unspecified atom stereocenters. The van der Waals surface area contributed by atoms with Crippen molar-refractivity contribution in [1.82, 2.24) is 14.8 Å². The van der Waals surface area contributed by atoms with Crippen LogP contribution in [0.2, 0.25) is 0 Å². The molecule has 0 saturated carbocycles. The van der Waals surface area contributed by atoms with Gasteiger partial charge in [-0.15, -0.1) is 5.10 Å². The molecule has 0 saturated heterocycles. The first kappa shape index (κ1) is 17.0. The van der Waals surface area contributed by atoms with Crippen molar-refractivity contribution >= 4 is 5.78 Å². The number of aryl methyl sites for hydroxylation is 1. The van der Waals surface area contributed by atoms with Crippen molar-refractivity contribution in [2.75, 3.05) is 0 Å². The number of aromatic nitrogens is 3. The largest absolute Gasteiger partial charge is 0.453 e. The van der Waals surface area contributed by atoms with Gasteiger partial charge in [0.1, 0.15) is 12.9 Å². The molecule has 23 heavy (non-hydrogen) atoms. The van der Waals surface area contributed by atoms with Gasteiger partial charge in [0.15, 0.2) is 5.78 Å². The molecular formula is C13H9F6N3O. The summed E-state index contributed by atoms with van der Waals surface area (Å²) in [6.45, 7) is 0.729. The van der Waals surface area contributed by atoms with E-state index in [-0.39, 0.29) is 11.1 Å². The van der Waals surface area contributed by atoms with Crippen molar-refractivity contribution in [3.05, 3.63) is 47.0 Å². The minimum absolute atomic E-state index is 0.206. The van der Waals surface area contributed by atoms with Crippen LogP contribution in [0.1, 0.15) is 27.3 Å². The van der Waals surface area contributed by atoms with Gasteiger partial charge in [0, 0.05) is 5.56 Å². The van der Waals surface area contributed by atoms with Crippen LogP contribution < -0.4 is 0 Å². The smallest absolute Gasteiger partial charge is 0.292 e. The predicted octanol–water partition coefficient (Wildman–Crippen LogP) is 3.51. The van der Waals surface area contributed by atoms with Crippen LogP contribution in [-0.2, 0) is 18.9 Å². The van der Waals surface area contributed by atoms with Gasteiger partial charge in [0.2, 0.25) is 0 Å². The normalized spacial score (nSPS) is 12.5. The lowest BCUT2D eigenvalue weighted by Crippen LogP contribution is -2.15. The first-order valence-electron chi connectivity index (χ1n) is 6.15.